The molecule has 5 heteroatoms. The van der Waals surface area contributed by atoms with E-state index in [0.717, 1.165) is 53.3 Å². The number of aryl methyl sites for hydroxylation is 2. The van der Waals surface area contributed by atoms with Crippen LogP contribution in [-0.4, -0.2) is 21.0 Å². The number of hydrogen-bond donors (Lipinski definition) is 0. The number of benzene rings is 2. The Balaban J connectivity index is 1.57. The van der Waals surface area contributed by atoms with Crippen LogP contribution in [0.3, 0.4) is 0 Å². The standard InChI is InChI=1S/C24H23N3OS/c1-16-8-6-7-11-20(16)27-17(2)25-23-22(24(27)28)19-12-13-26(15-21(19)29-23)14-18-9-4-3-5-10-18/h3-11H,12-15H2,1-2H3. The zero-order valence-corrected chi connectivity index (χ0v) is 17.5. The number of thiophene rings is 1. The third kappa shape index (κ3) is 3.20. The summed E-state index contributed by atoms with van der Waals surface area (Å²) in [6.07, 6.45) is 0.899. The molecule has 0 spiro atoms. The van der Waals surface area contributed by atoms with E-state index >= 15 is 0 Å². The second kappa shape index (κ2) is 7.25. The minimum absolute atomic E-state index is 0.0656. The lowest BCUT2D eigenvalue weighted by atomic mass is 10.0. The summed E-state index contributed by atoms with van der Waals surface area (Å²) in [5.41, 5.74) is 4.60. The molecule has 0 bridgehead atoms. The first-order valence-corrected chi connectivity index (χ1v) is 10.8. The zero-order valence-electron chi connectivity index (χ0n) is 16.7. The summed E-state index contributed by atoms with van der Waals surface area (Å²) >= 11 is 1.68. The molecule has 3 heterocycles. The smallest absolute Gasteiger partial charge is 0.267 e. The van der Waals surface area contributed by atoms with E-state index in [4.69, 9.17) is 4.98 Å². The Morgan fingerprint density at radius 2 is 1.79 bits per heavy atom. The maximum absolute atomic E-state index is 13.5. The lowest BCUT2D eigenvalue weighted by molar-refractivity contribution is 0.249. The predicted molar refractivity (Wildman–Crippen MR) is 119 cm³/mol. The van der Waals surface area contributed by atoms with E-state index in [2.05, 4.69) is 35.2 Å². The molecule has 0 saturated carbocycles. The molecule has 0 saturated heterocycles. The number of rotatable bonds is 3. The highest BCUT2D eigenvalue weighted by Gasteiger charge is 2.25. The maximum Gasteiger partial charge on any atom is 0.267 e. The summed E-state index contributed by atoms with van der Waals surface area (Å²) in [6.45, 7) is 6.75. The first-order chi connectivity index (χ1) is 14.1. The van der Waals surface area contributed by atoms with Crippen molar-refractivity contribution in [3.05, 3.63) is 92.3 Å². The molecule has 29 heavy (non-hydrogen) atoms. The number of aromatic nitrogens is 2. The van der Waals surface area contributed by atoms with Crippen LogP contribution in [0.2, 0.25) is 0 Å². The summed E-state index contributed by atoms with van der Waals surface area (Å²) in [5, 5.41) is 0.818. The Morgan fingerprint density at radius 3 is 2.59 bits per heavy atom. The van der Waals surface area contributed by atoms with Crippen LogP contribution >= 0.6 is 11.3 Å². The van der Waals surface area contributed by atoms with E-state index in [9.17, 15) is 4.79 Å². The van der Waals surface area contributed by atoms with Crippen LogP contribution in [0.25, 0.3) is 15.9 Å². The quantitative estimate of drug-likeness (QED) is 0.503. The molecular weight excluding hydrogens is 378 g/mol. The molecule has 0 radical (unpaired) electrons. The van der Waals surface area contributed by atoms with E-state index in [1.54, 1.807) is 15.9 Å². The number of nitrogens with zero attached hydrogens (tertiary/aromatic N) is 3. The van der Waals surface area contributed by atoms with Crippen molar-refractivity contribution in [2.75, 3.05) is 6.54 Å². The second-order valence-corrected chi connectivity index (χ2v) is 8.80. The van der Waals surface area contributed by atoms with Crippen LogP contribution in [0.5, 0.6) is 0 Å². The number of hydrogen-bond acceptors (Lipinski definition) is 4. The van der Waals surface area contributed by atoms with Crippen molar-refractivity contribution in [2.45, 2.75) is 33.4 Å². The Kier molecular flexibility index (Phi) is 4.57. The molecule has 4 nitrogen and oxygen atoms in total. The molecule has 0 fully saturated rings. The molecule has 0 unspecified atom stereocenters. The largest absolute Gasteiger partial charge is 0.294 e. The van der Waals surface area contributed by atoms with E-state index in [1.165, 1.54) is 16.0 Å². The summed E-state index contributed by atoms with van der Waals surface area (Å²) in [6, 6.07) is 18.6. The van der Waals surface area contributed by atoms with Gasteiger partial charge in [-0.3, -0.25) is 14.3 Å². The number of para-hydroxylation sites is 1. The third-order valence-electron chi connectivity index (χ3n) is 5.73. The van der Waals surface area contributed by atoms with Gasteiger partial charge in [0.25, 0.3) is 5.56 Å². The van der Waals surface area contributed by atoms with Crippen LogP contribution in [0.15, 0.2) is 59.4 Å². The van der Waals surface area contributed by atoms with E-state index < -0.39 is 0 Å². The van der Waals surface area contributed by atoms with Gasteiger partial charge in [-0.1, -0.05) is 48.5 Å². The first-order valence-electron chi connectivity index (χ1n) is 9.98. The second-order valence-electron chi connectivity index (χ2n) is 7.72. The highest BCUT2D eigenvalue weighted by atomic mass is 32.1. The van der Waals surface area contributed by atoms with Crippen molar-refractivity contribution in [2.24, 2.45) is 0 Å². The first kappa shape index (κ1) is 18.3. The molecular formula is C24H23N3OS. The van der Waals surface area contributed by atoms with Crippen LogP contribution in [0, 0.1) is 13.8 Å². The van der Waals surface area contributed by atoms with Crippen molar-refractivity contribution >= 4 is 21.6 Å². The monoisotopic (exact) mass is 401 g/mol. The van der Waals surface area contributed by atoms with Gasteiger partial charge in [0.15, 0.2) is 0 Å². The highest BCUT2D eigenvalue weighted by molar-refractivity contribution is 7.18. The predicted octanol–water partition coefficient (Wildman–Crippen LogP) is 4.62. The number of fused-ring (bicyclic) bond motifs is 3. The fourth-order valence-corrected chi connectivity index (χ4v) is 5.57. The van der Waals surface area contributed by atoms with E-state index in [0.29, 0.717) is 0 Å². The van der Waals surface area contributed by atoms with Crippen LogP contribution in [-0.2, 0) is 19.5 Å². The molecule has 4 aromatic rings. The fourth-order valence-electron chi connectivity index (χ4n) is 4.27. The van der Waals surface area contributed by atoms with E-state index in [1.807, 2.05) is 38.1 Å². The molecule has 1 aliphatic heterocycles. The zero-order chi connectivity index (χ0) is 20.0. The molecule has 0 N–H and O–H groups in total. The normalized spacial score (nSPS) is 14.3. The highest BCUT2D eigenvalue weighted by Crippen LogP contribution is 2.33. The van der Waals surface area contributed by atoms with Gasteiger partial charge in [-0.25, -0.2) is 4.98 Å². The van der Waals surface area contributed by atoms with Gasteiger partial charge in [0.2, 0.25) is 0 Å². The van der Waals surface area contributed by atoms with Crippen LogP contribution < -0.4 is 5.56 Å². The Labute approximate surface area is 174 Å². The molecule has 2 aromatic heterocycles. The lowest BCUT2D eigenvalue weighted by Gasteiger charge is -2.26. The van der Waals surface area contributed by atoms with Gasteiger partial charge in [-0.15, -0.1) is 11.3 Å². The fraction of sp³-hybridized carbons (Fsp3) is 0.250. The third-order valence-corrected chi connectivity index (χ3v) is 6.84. The van der Waals surface area contributed by atoms with Crippen LogP contribution in [0.4, 0.5) is 0 Å². The van der Waals surface area contributed by atoms with Gasteiger partial charge in [0.1, 0.15) is 10.7 Å². The van der Waals surface area contributed by atoms with Gasteiger partial charge in [0, 0.05) is 24.5 Å². The molecule has 146 valence electrons. The molecule has 0 atom stereocenters. The van der Waals surface area contributed by atoms with Crippen molar-refractivity contribution in [3.63, 3.8) is 0 Å². The summed E-state index contributed by atoms with van der Waals surface area (Å²) in [5.74, 6) is 0.747. The van der Waals surface area contributed by atoms with Crippen molar-refractivity contribution < 1.29 is 0 Å². The Bertz CT molecular complexity index is 1260. The Hall–Kier alpha value is -2.76. The summed E-state index contributed by atoms with van der Waals surface area (Å²) in [7, 11) is 0. The minimum Gasteiger partial charge on any atom is -0.294 e. The van der Waals surface area contributed by atoms with E-state index in [-0.39, 0.29) is 5.56 Å². The Morgan fingerprint density at radius 1 is 1.03 bits per heavy atom. The van der Waals surface area contributed by atoms with Crippen molar-refractivity contribution in [1.82, 2.24) is 14.5 Å². The van der Waals surface area contributed by atoms with Crippen molar-refractivity contribution in [3.8, 4) is 5.69 Å². The average Bonchev–Trinajstić information content (AvgIpc) is 3.07. The van der Waals surface area contributed by atoms with Gasteiger partial charge < -0.3 is 0 Å². The molecule has 5 rings (SSSR count). The molecule has 1 aliphatic rings. The van der Waals surface area contributed by atoms with Gasteiger partial charge in [-0.05, 0) is 43.0 Å². The SMILES string of the molecule is Cc1ccccc1-n1c(C)nc2sc3c(c2c1=O)CCN(Cc1ccccc1)C3. The minimum atomic E-state index is 0.0656. The summed E-state index contributed by atoms with van der Waals surface area (Å²) in [4.78, 5) is 23.0. The summed E-state index contributed by atoms with van der Waals surface area (Å²) < 4.78 is 1.78. The van der Waals surface area contributed by atoms with Crippen molar-refractivity contribution in [1.29, 1.82) is 0 Å². The molecule has 2 aromatic carbocycles. The van der Waals surface area contributed by atoms with Gasteiger partial charge in [-0.2, -0.15) is 0 Å². The lowest BCUT2D eigenvalue weighted by Crippen LogP contribution is -2.30. The molecule has 0 aliphatic carbocycles. The molecule has 0 amide bonds. The van der Waals surface area contributed by atoms with Gasteiger partial charge >= 0.3 is 0 Å². The average molecular weight is 402 g/mol. The van der Waals surface area contributed by atoms with Crippen LogP contribution in [0.1, 0.15) is 27.4 Å². The van der Waals surface area contributed by atoms with Gasteiger partial charge in [0.05, 0.1) is 11.1 Å². The maximum atomic E-state index is 13.5. The topological polar surface area (TPSA) is 38.1 Å².